The Balaban J connectivity index is 2.00. The van der Waals surface area contributed by atoms with E-state index >= 15 is 0 Å². The largest absolute Gasteiger partial charge is 0.475 e. The number of aryl methyl sites for hydroxylation is 2. The number of carbonyl (C=O) groups excluding carboxylic acids is 1. The molecule has 0 aliphatic carbocycles. The predicted molar refractivity (Wildman–Crippen MR) is 69.4 cm³/mol. The van der Waals surface area contributed by atoms with Crippen LogP contribution in [0.3, 0.4) is 0 Å². The van der Waals surface area contributed by atoms with Crippen LogP contribution in [0, 0.1) is 0 Å². The number of furan rings is 1. The van der Waals surface area contributed by atoms with Gasteiger partial charge in [-0.3, -0.25) is 9.48 Å². The third-order valence-corrected chi connectivity index (χ3v) is 2.82. The monoisotopic (exact) mass is 277 g/mol. The van der Waals surface area contributed by atoms with E-state index in [0.717, 1.165) is 12.1 Å². The second-order valence-corrected chi connectivity index (χ2v) is 4.25. The Morgan fingerprint density at radius 3 is 2.75 bits per heavy atom. The van der Waals surface area contributed by atoms with E-state index in [9.17, 15) is 9.59 Å². The van der Waals surface area contributed by atoms with Gasteiger partial charge in [-0.15, -0.1) is 0 Å². The Bertz CT molecular complexity index is 642. The van der Waals surface area contributed by atoms with Crippen molar-refractivity contribution in [2.24, 2.45) is 7.05 Å². The van der Waals surface area contributed by atoms with E-state index in [2.05, 4.69) is 10.4 Å². The molecule has 0 fully saturated rings. The molecule has 0 bridgehead atoms. The Labute approximate surface area is 115 Å². The minimum atomic E-state index is -1.14. The first kappa shape index (κ1) is 13.9. The lowest BCUT2D eigenvalue weighted by Gasteiger charge is -2.03. The SMILES string of the molecule is CCc1cc(C(=O)NCc2ccc(C(=O)O)o2)n(C)n1. The average molecular weight is 277 g/mol. The van der Waals surface area contributed by atoms with Crippen molar-refractivity contribution in [1.29, 1.82) is 0 Å². The molecule has 0 radical (unpaired) electrons. The number of rotatable bonds is 5. The van der Waals surface area contributed by atoms with Crippen molar-refractivity contribution in [3.05, 3.63) is 41.1 Å². The molecule has 2 rings (SSSR count). The summed E-state index contributed by atoms with van der Waals surface area (Å²) in [6, 6.07) is 4.59. The molecule has 7 heteroatoms. The summed E-state index contributed by atoms with van der Waals surface area (Å²) in [4.78, 5) is 22.6. The van der Waals surface area contributed by atoms with E-state index in [1.165, 1.54) is 16.8 Å². The first-order valence-corrected chi connectivity index (χ1v) is 6.14. The normalized spacial score (nSPS) is 10.5. The lowest BCUT2D eigenvalue weighted by Crippen LogP contribution is -2.24. The molecular formula is C13H15N3O4. The molecule has 2 aromatic heterocycles. The van der Waals surface area contributed by atoms with E-state index in [-0.39, 0.29) is 18.2 Å². The highest BCUT2D eigenvalue weighted by Gasteiger charge is 2.14. The standard InChI is InChI=1S/C13H15N3O4/c1-3-8-6-10(16(2)15-8)12(17)14-7-9-4-5-11(20-9)13(18)19/h4-6H,3,7H2,1-2H3,(H,14,17)(H,18,19). The Morgan fingerprint density at radius 2 is 2.20 bits per heavy atom. The summed E-state index contributed by atoms with van der Waals surface area (Å²) in [6.07, 6.45) is 0.751. The van der Waals surface area contributed by atoms with E-state index < -0.39 is 5.97 Å². The van der Waals surface area contributed by atoms with Crippen molar-refractivity contribution in [3.8, 4) is 0 Å². The predicted octanol–water partition coefficient (Wildman–Crippen LogP) is 1.20. The van der Waals surface area contributed by atoms with Crippen molar-refractivity contribution in [2.75, 3.05) is 0 Å². The summed E-state index contributed by atoms with van der Waals surface area (Å²) in [7, 11) is 1.70. The van der Waals surface area contributed by atoms with Gasteiger partial charge in [-0.05, 0) is 24.6 Å². The number of amides is 1. The molecule has 0 aliphatic heterocycles. The van der Waals surface area contributed by atoms with Crippen LogP contribution < -0.4 is 5.32 Å². The minimum absolute atomic E-state index is 0.124. The van der Waals surface area contributed by atoms with Gasteiger partial charge < -0.3 is 14.8 Å². The number of hydrogen-bond donors (Lipinski definition) is 2. The topological polar surface area (TPSA) is 97.4 Å². The number of carboxylic acid groups (broad SMARTS) is 1. The minimum Gasteiger partial charge on any atom is -0.475 e. The number of carboxylic acids is 1. The second kappa shape index (κ2) is 5.60. The smallest absolute Gasteiger partial charge is 0.371 e. The molecule has 0 saturated heterocycles. The van der Waals surface area contributed by atoms with Crippen LogP contribution in [0.15, 0.2) is 22.6 Å². The highest BCUT2D eigenvalue weighted by atomic mass is 16.4. The molecule has 0 saturated carbocycles. The van der Waals surface area contributed by atoms with Crippen LogP contribution in [0.2, 0.25) is 0 Å². The number of nitrogens with zero attached hydrogens (tertiary/aromatic N) is 2. The average Bonchev–Trinajstić information content (AvgIpc) is 3.02. The van der Waals surface area contributed by atoms with Crippen LogP contribution in [0.5, 0.6) is 0 Å². The molecule has 106 valence electrons. The van der Waals surface area contributed by atoms with E-state index in [4.69, 9.17) is 9.52 Å². The third-order valence-electron chi connectivity index (χ3n) is 2.82. The van der Waals surface area contributed by atoms with Crippen molar-refractivity contribution >= 4 is 11.9 Å². The van der Waals surface area contributed by atoms with Gasteiger partial charge in [-0.1, -0.05) is 6.92 Å². The third kappa shape index (κ3) is 2.87. The van der Waals surface area contributed by atoms with Crippen LogP contribution in [-0.4, -0.2) is 26.8 Å². The first-order valence-electron chi connectivity index (χ1n) is 6.14. The molecule has 20 heavy (non-hydrogen) atoms. The van der Waals surface area contributed by atoms with Gasteiger partial charge in [0.05, 0.1) is 12.2 Å². The summed E-state index contributed by atoms with van der Waals surface area (Å²) < 4.78 is 6.56. The lowest BCUT2D eigenvalue weighted by molar-refractivity contribution is 0.0660. The maximum atomic E-state index is 12.0. The summed E-state index contributed by atoms with van der Waals surface area (Å²) in [6.45, 7) is 2.08. The van der Waals surface area contributed by atoms with Crippen LogP contribution in [0.25, 0.3) is 0 Å². The fourth-order valence-corrected chi connectivity index (χ4v) is 1.76. The number of aromatic nitrogens is 2. The summed E-state index contributed by atoms with van der Waals surface area (Å²) in [5.41, 5.74) is 1.29. The summed E-state index contributed by atoms with van der Waals surface area (Å²) in [5.74, 6) is -1.19. The van der Waals surface area contributed by atoms with E-state index in [1.54, 1.807) is 13.1 Å². The van der Waals surface area contributed by atoms with Crippen molar-refractivity contribution < 1.29 is 19.1 Å². The van der Waals surface area contributed by atoms with Gasteiger partial charge in [0.1, 0.15) is 11.5 Å². The van der Waals surface area contributed by atoms with Crippen LogP contribution in [-0.2, 0) is 20.0 Å². The molecule has 2 aromatic rings. The summed E-state index contributed by atoms with van der Waals surface area (Å²) in [5, 5.41) is 15.6. The second-order valence-electron chi connectivity index (χ2n) is 4.25. The van der Waals surface area contributed by atoms with Gasteiger partial charge in [-0.25, -0.2) is 4.79 Å². The molecule has 1 amide bonds. The number of hydrogen-bond acceptors (Lipinski definition) is 4. The molecule has 2 N–H and O–H groups in total. The maximum absolute atomic E-state index is 12.0. The van der Waals surface area contributed by atoms with Gasteiger partial charge in [0.25, 0.3) is 5.91 Å². The highest BCUT2D eigenvalue weighted by molar-refractivity contribution is 5.92. The molecule has 0 aliphatic rings. The molecule has 2 heterocycles. The van der Waals surface area contributed by atoms with Gasteiger partial charge in [0.15, 0.2) is 0 Å². The van der Waals surface area contributed by atoms with Gasteiger partial charge >= 0.3 is 5.97 Å². The van der Waals surface area contributed by atoms with Crippen molar-refractivity contribution in [1.82, 2.24) is 15.1 Å². The Hall–Kier alpha value is -2.57. The number of carbonyl (C=O) groups is 2. The fraction of sp³-hybridized carbons (Fsp3) is 0.308. The van der Waals surface area contributed by atoms with E-state index in [0.29, 0.717) is 11.5 Å². The molecule has 0 spiro atoms. The molecule has 7 nitrogen and oxygen atoms in total. The van der Waals surface area contributed by atoms with Crippen LogP contribution in [0.1, 0.15) is 39.4 Å². The molecule has 0 aromatic carbocycles. The quantitative estimate of drug-likeness (QED) is 0.856. The summed E-state index contributed by atoms with van der Waals surface area (Å²) >= 11 is 0. The van der Waals surface area contributed by atoms with Gasteiger partial charge in [-0.2, -0.15) is 5.10 Å². The zero-order valence-corrected chi connectivity index (χ0v) is 11.2. The fourth-order valence-electron chi connectivity index (χ4n) is 1.76. The van der Waals surface area contributed by atoms with Crippen molar-refractivity contribution in [2.45, 2.75) is 19.9 Å². The Morgan fingerprint density at radius 1 is 1.45 bits per heavy atom. The maximum Gasteiger partial charge on any atom is 0.371 e. The first-order chi connectivity index (χ1) is 9.51. The Kier molecular flexibility index (Phi) is 3.88. The van der Waals surface area contributed by atoms with E-state index in [1.807, 2.05) is 6.92 Å². The lowest BCUT2D eigenvalue weighted by atomic mass is 10.3. The highest BCUT2D eigenvalue weighted by Crippen LogP contribution is 2.08. The van der Waals surface area contributed by atoms with Crippen LogP contribution >= 0.6 is 0 Å². The molecular weight excluding hydrogens is 262 g/mol. The van der Waals surface area contributed by atoms with Gasteiger partial charge in [0, 0.05) is 7.05 Å². The number of nitrogens with one attached hydrogen (secondary N) is 1. The molecule has 0 atom stereocenters. The molecule has 0 unspecified atom stereocenters. The van der Waals surface area contributed by atoms with Crippen molar-refractivity contribution in [3.63, 3.8) is 0 Å². The van der Waals surface area contributed by atoms with Crippen LogP contribution in [0.4, 0.5) is 0 Å². The number of aromatic carboxylic acids is 1. The zero-order chi connectivity index (χ0) is 14.7. The zero-order valence-electron chi connectivity index (χ0n) is 11.2. The van der Waals surface area contributed by atoms with Gasteiger partial charge in [0.2, 0.25) is 5.76 Å².